The molecule has 0 aliphatic carbocycles. The summed E-state index contributed by atoms with van der Waals surface area (Å²) in [6.07, 6.45) is -2.57. The van der Waals surface area contributed by atoms with Gasteiger partial charge in [0.2, 0.25) is 0 Å². The summed E-state index contributed by atoms with van der Waals surface area (Å²) in [7, 11) is 0. The number of aliphatic carboxylic acids is 1. The molecule has 0 heterocycles. The lowest BCUT2D eigenvalue weighted by atomic mass is 10.0. The van der Waals surface area contributed by atoms with Gasteiger partial charge in [0.05, 0.1) is 6.61 Å². The van der Waals surface area contributed by atoms with E-state index in [4.69, 9.17) is 5.11 Å². The Morgan fingerprint density at radius 1 is 1.64 bits per heavy atom. The maximum atomic E-state index is 11.7. The molecule has 1 unspecified atom stereocenters. The minimum Gasteiger partial charge on any atom is -0.480 e. The van der Waals surface area contributed by atoms with Crippen LogP contribution >= 0.6 is 0 Å². The molecule has 0 spiro atoms. The van der Waals surface area contributed by atoms with E-state index < -0.39 is 24.5 Å². The molecular formula is C8H15F2NO3. The minimum absolute atomic E-state index is 0.277. The van der Waals surface area contributed by atoms with Crippen molar-refractivity contribution in [2.75, 3.05) is 19.8 Å². The summed E-state index contributed by atoms with van der Waals surface area (Å²) in [6.45, 7) is 2.54. The highest BCUT2D eigenvalue weighted by Crippen LogP contribution is 2.05. The van der Waals surface area contributed by atoms with Gasteiger partial charge in [-0.15, -0.1) is 0 Å². The number of carboxylic acids is 1. The first kappa shape index (κ1) is 13.2. The van der Waals surface area contributed by atoms with Gasteiger partial charge in [-0.2, -0.15) is 0 Å². The van der Waals surface area contributed by atoms with Gasteiger partial charge in [0.25, 0.3) is 6.43 Å². The topological polar surface area (TPSA) is 58.6 Å². The van der Waals surface area contributed by atoms with Crippen LogP contribution in [0, 0.1) is 0 Å². The smallest absolute Gasteiger partial charge is 0.326 e. The molecule has 0 saturated heterocycles. The van der Waals surface area contributed by atoms with Crippen molar-refractivity contribution >= 4 is 5.97 Å². The van der Waals surface area contributed by atoms with Gasteiger partial charge in [0.1, 0.15) is 12.1 Å². The monoisotopic (exact) mass is 211 g/mol. The molecule has 0 rings (SSSR count). The van der Waals surface area contributed by atoms with Crippen LogP contribution in [0.15, 0.2) is 0 Å². The van der Waals surface area contributed by atoms with Crippen LogP contribution in [0.1, 0.15) is 13.8 Å². The Morgan fingerprint density at radius 2 is 2.21 bits per heavy atom. The molecule has 0 fully saturated rings. The normalized spacial score (nSPS) is 15.5. The average molecular weight is 211 g/mol. The van der Waals surface area contributed by atoms with Crippen LogP contribution in [0.2, 0.25) is 0 Å². The number of ether oxygens (including phenoxy) is 1. The van der Waals surface area contributed by atoms with E-state index in [2.05, 4.69) is 10.1 Å². The van der Waals surface area contributed by atoms with Gasteiger partial charge < -0.3 is 15.2 Å². The summed E-state index contributed by atoms with van der Waals surface area (Å²) in [5, 5.41) is 11.5. The Morgan fingerprint density at radius 3 is 2.57 bits per heavy atom. The van der Waals surface area contributed by atoms with Gasteiger partial charge in [-0.3, -0.25) is 4.79 Å². The predicted octanol–water partition coefficient (Wildman–Crippen LogP) is 0.721. The Labute approximate surface area is 81.2 Å². The fourth-order valence-electron chi connectivity index (χ4n) is 0.931. The lowest BCUT2D eigenvalue weighted by Gasteiger charge is -2.25. The summed E-state index contributed by atoms with van der Waals surface area (Å²) >= 11 is 0. The highest BCUT2D eigenvalue weighted by Gasteiger charge is 2.32. The summed E-state index contributed by atoms with van der Waals surface area (Å²) < 4.78 is 28.0. The summed E-state index contributed by atoms with van der Waals surface area (Å²) in [6, 6.07) is 0. The number of alkyl halides is 2. The van der Waals surface area contributed by atoms with Crippen LogP contribution < -0.4 is 5.32 Å². The Balaban J connectivity index is 4.03. The molecule has 0 amide bonds. The minimum atomic E-state index is -2.57. The van der Waals surface area contributed by atoms with Crippen LogP contribution in [0.3, 0.4) is 0 Å². The number of hydrogen-bond acceptors (Lipinski definition) is 3. The second-order valence-electron chi connectivity index (χ2n) is 3.07. The molecule has 0 aliphatic heterocycles. The second kappa shape index (κ2) is 5.87. The van der Waals surface area contributed by atoms with Crippen LogP contribution in [0.4, 0.5) is 8.78 Å². The Kier molecular flexibility index (Phi) is 5.56. The fourth-order valence-corrected chi connectivity index (χ4v) is 0.931. The van der Waals surface area contributed by atoms with E-state index in [0.29, 0.717) is 6.54 Å². The molecule has 0 aliphatic rings. The molecule has 0 aromatic carbocycles. The molecule has 0 aromatic rings. The zero-order valence-corrected chi connectivity index (χ0v) is 8.22. The average Bonchev–Trinajstić information content (AvgIpc) is 2.03. The molecule has 2 N–H and O–H groups in total. The summed E-state index contributed by atoms with van der Waals surface area (Å²) in [4.78, 5) is 10.8. The maximum absolute atomic E-state index is 11.7. The molecule has 14 heavy (non-hydrogen) atoms. The van der Waals surface area contributed by atoms with Crippen molar-refractivity contribution in [2.24, 2.45) is 0 Å². The molecule has 0 saturated carbocycles. The van der Waals surface area contributed by atoms with Crippen molar-refractivity contribution in [1.82, 2.24) is 5.32 Å². The van der Waals surface area contributed by atoms with Gasteiger partial charge in [0.15, 0.2) is 0 Å². The SMILES string of the molecule is CCNC(C)(COCC(F)F)C(=O)O. The van der Waals surface area contributed by atoms with Crippen LogP contribution in [0.5, 0.6) is 0 Å². The highest BCUT2D eigenvalue weighted by atomic mass is 19.3. The van der Waals surface area contributed by atoms with Crippen LogP contribution in [0.25, 0.3) is 0 Å². The van der Waals surface area contributed by atoms with E-state index in [-0.39, 0.29) is 6.61 Å². The van der Waals surface area contributed by atoms with E-state index in [1.165, 1.54) is 6.92 Å². The first-order valence-electron chi connectivity index (χ1n) is 4.26. The molecule has 6 heteroatoms. The van der Waals surface area contributed by atoms with E-state index in [1.54, 1.807) is 6.92 Å². The van der Waals surface area contributed by atoms with E-state index in [9.17, 15) is 13.6 Å². The lowest BCUT2D eigenvalue weighted by molar-refractivity contribution is -0.147. The Bertz CT molecular complexity index is 189. The fraction of sp³-hybridized carbons (Fsp3) is 0.875. The van der Waals surface area contributed by atoms with Crippen molar-refractivity contribution in [3.63, 3.8) is 0 Å². The number of carbonyl (C=O) groups is 1. The zero-order chi connectivity index (χ0) is 11.2. The number of likely N-dealkylation sites (N-methyl/N-ethyl adjacent to an activating group) is 1. The number of carboxylic acid groups (broad SMARTS) is 1. The molecule has 0 radical (unpaired) electrons. The molecule has 0 aromatic heterocycles. The van der Waals surface area contributed by atoms with Crippen molar-refractivity contribution in [3.05, 3.63) is 0 Å². The van der Waals surface area contributed by atoms with Gasteiger partial charge >= 0.3 is 5.97 Å². The molecule has 4 nitrogen and oxygen atoms in total. The highest BCUT2D eigenvalue weighted by molar-refractivity contribution is 5.78. The summed E-state index contributed by atoms with van der Waals surface area (Å²) in [5.74, 6) is -1.12. The predicted molar refractivity (Wildman–Crippen MR) is 46.5 cm³/mol. The Hall–Kier alpha value is -0.750. The van der Waals surface area contributed by atoms with Crippen molar-refractivity contribution in [2.45, 2.75) is 25.8 Å². The zero-order valence-electron chi connectivity index (χ0n) is 8.22. The first-order chi connectivity index (χ1) is 6.42. The van der Waals surface area contributed by atoms with Crippen LogP contribution in [-0.2, 0) is 9.53 Å². The quantitative estimate of drug-likeness (QED) is 0.651. The van der Waals surface area contributed by atoms with Gasteiger partial charge in [-0.25, -0.2) is 8.78 Å². The number of nitrogens with one attached hydrogen (secondary N) is 1. The second-order valence-corrected chi connectivity index (χ2v) is 3.07. The lowest BCUT2D eigenvalue weighted by Crippen LogP contribution is -2.53. The molecular weight excluding hydrogens is 196 g/mol. The molecule has 1 atom stereocenters. The largest absolute Gasteiger partial charge is 0.480 e. The summed E-state index contributed by atoms with van der Waals surface area (Å²) in [5.41, 5.74) is -1.30. The van der Waals surface area contributed by atoms with Gasteiger partial charge in [0, 0.05) is 0 Å². The van der Waals surface area contributed by atoms with Crippen LogP contribution in [-0.4, -0.2) is 42.8 Å². The van der Waals surface area contributed by atoms with Gasteiger partial charge in [-0.1, -0.05) is 6.92 Å². The number of halogens is 2. The molecule has 84 valence electrons. The van der Waals surface area contributed by atoms with Crippen molar-refractivity contribution in [3.8, 4) is 0 Å². The number of rotatable bonds is 7. The van der Waals surface area contributed by atoms with E-state index >= 15 is 0 Å². The third-order valence-corrected chi connectivity index (χ3v) is 1.67. The van der Waals surface area contributed by atoms with Gasteiger partial charge in [-0.05, 0) is 13.5 Å². The third-order valence-electron chi connectivity index (χ3n) is 1.67. The van der Waals surface area contributed by atoms with E-state index in [1.807, 2.05) is 0 Å². The third kappa shape index (κ3) is 4.48. The van der Waals surface area contributed by atoms with E-state index in [0.717, 1.165) is 0 Å². The van der Waals surface area contributed by atoms with Crippen molar-refractivity contribution in [1.29, 1.82) is 0 Å². The maximum Gasteiger partial charge on any atom is 0.326 e. The number of hydrogen-bond donors (Lipinski definition) is 2. The molecule has 0 bridgehead atoms. The first-order valence-corrected chi connectivity index (χ1v) is 4.26. The van der Waals surface area contributed by atoms with Crippen molar-refractivity contribution < 1.29 is 23.4 Å². The standard InChI is InChI=1S/C8H15F2NO3/c1-3-11-8(2,7(12)13)5-14-4-6(9)10/h6,11H,3-5H2,1-2H3,(H,12,13).